The van der Waals surface area contributed by atoms with Crippen LogP contribution < -0.4 is 10.6 Å². The molecule has 2 aliphatic heterocycles. The number of rotatable bonds is 3. The van der Waals surface area contributed by atoms with Crippen molar-refractivity contribution in [3.8, 4) is 0 Å². The van der Waals surface area contributed by atoms with Crippen molar-refractivity contribution in [3.05, 3.63) is 0 Å². The lowest BCUT2D eigenvalue weighted by molar-refractivity contribution is -0.0367. The van der Waals surface area contributed by atoms with Crippen LogP contribution in [-0.2, 0) is 9.47 Å². The Hall–Kier alpha value is -0.460. The minimum Gasteiger partial charge on any atom is -0.444 e. The van der Waals surface area contributed by atoms with Gasteiger partial charge >= 0.3 is 6.09 Å². The van der Waals surface area contributed by atoms with E-state index in [1.54, 1.807) is 0 Å². The highest BCUT2D eigenvalue weighted by molar-refractivity contribution is 7.99. The minimum atomic E-state index is -0.454. The minimum absolute atomic E-state index is 0.137. The zero-order chi connectivity index (χ0) is 15.0. The van der Waals surface area contributed by atoms with E-state index < -0.39 is 5.60 Å². The standard InChI is InChI=1S/C15H26N2O3S/c1-15(2,3)20-14(18)17-11-10-4-6-19-13(10)12(11)16-9-5-7-21-8-9/h9-13,16H,4-8H2,1-3H3,(H,17,18). The molecule has 0 aromatic heterocycles. The van der Waals surface area contributed by atoms with Crippen LogP contribution in [0.1, 0.15) is 33.6 Å². The van der Waals surface area contributed by atoms with Gasteiger partial charge in [0.25, 0.3) is 0 Å². The molecule has 0 radical (unpaired) electrons. The van der Waals surface area contributed by atoms with Crippen LogP contribution in [0.5, 0.6) is 0 Å². The number of nitrogens with one attached hydrogen (secondary N) is 2. The van der Waals surface area contributed by atoms with Crippen molar-refractivity contribution in [1.29, 1.82) is 0 Å². The molecule has 0 bridgehead atoms. The SMILES string of the molecule is CC(C)(C)OC(=O)NC1C2CCOC2C1NC1CCSC1. The number of amides is 1. The smallest absolute Gasteiger partial charge is 0.407 e. The summed E-state index contributed by atoms with van der Waals surface area (Å²) in [6.07, 6.45) is 2.18. The highest BCUT2D eigenvalue weighted by Crippen LogP contribution is 2.40. The topological polar surface area (TPSA) is 59.6 Å². The van der Waals surface area contributed by atoms with Gasteiger partial charge in [0.2, 0.25) is 0 Å². The van der Waals surface area contributed by atoms with Crippen molar-refractivity contribution in [2.75, 3.05) is 18.1 Å². The van der Waals surface area contributed by atoms with E-state index in [0.717, 1.165) is 18.8 Å². The molecule has 120 valence electrons. The maximum atomic E-state index is 12.0. The lowest BCUT2D eigenvalue weighted by atomic mass is 9.71. The van der Waals surface area contributed by atoms with Gasteiger partial charge in [-0.3, -0.25) is 0 Å². The Bertz CT molecular complexity index is 393. The average molecular weight is 314 g/mol. The van der Waals surface area contributed by atoms with E-state index in [1.165, 1.54) is 12.2 Å². The molecular weight excluding hydrogens is 288 g/mol. The van der Waals surface area contributed by atoms with Gasteiger partial charge in [0.05, 0.1) is 18.2 Å². The molecular formula is C15H26N2O3S. The van der Waals surface area contributed by atoms with Crippen LogP contribution in [0.2, 0.25) is 0 Å². The third-order valence-corrected chi connectivity index (χ3v) is 5.59. The van der Waals surface area contributed by atoms with Crippen molar-refractivity contribution >= 4 is 17.9 Å². The molecule has 1 amide bonds. The number of thioether (sulfide) groups is 1. The molecule has 1 aliphatic carbocycles. The zero-order valence-electron chi connectivity index (χ0n) is 13.1. The molecule has 2 saturated heterocycles. The van der Waals surface area contributed by atoms with Gasteiger partial charge in [-0.25, -0.2) is 4.79 Å². The lowest BCUT2D eigenvalue weighted by Crippen LogP contribution is -2.71. The van der Waals surface area contributed by atoms with E-state index in [1.807, 2.05) is 32.5 Å². The molecule has 3 aliphatic rings. The normalized spacial score (nSPS) is 38.7. The van der Waals surface area contributed by atoms with Gasteiger partial charge in [-0.2, -0.15) is 11.8 Å². The van der Waals surface area contributed by atoms with Gasteiger partial charge in [-0.05, 0) is 39.4 Å². The first-order valence-electron chi connectivity index (χ1n) is 7.89. The van der Waals surface area contributed by atoms with Crippen LogP contribution in [0.25, 0.3) is 0 Å². The molecule has 5 nitrogen and oxygen atoms in total. The van der Waals surface area contributed by atoms with Gasteiger partial charge in [-0.1, -0.05) is 0 Å². The molecule has 1 saturated carbocycles. The second kappa shape index (κ2) is 5.97. The summed E-state index contributed by atoms with van der Waals surface area (Å²) in [7, 11) is 0. The predicted molar refractivity (Wildman–Crippen MR) is 83.7 cm³/mol. The molecule has 6 heteroatoms. The van der Waals surface area contributed by atoms with E-state index in [9.17, 15) is 4.79 Å². The molecule has 3 rings (SSSR count). The highest BCUT2D eigenvalue weighted by atomic mass is 32.2. The fourth-order valence-corrected chi connectivity index (χ4v) is 4.65. The summed E-state index contributed by atoms with van der Waals surface area (Å²) in [5.74, 6) is 2.82. The number of carbonyl (C=O) groups is 1. The maximum absolute atomic E-state index is 12.0. The van der Waals surface area contributed by atoms with E-state index in [-0.39, 0.29) is 24.3 Å². The summed E-state index contributed by atoms with van der Waals surface area (Å²) in [5.41, 5.74) is -0.454. The Morgan fingerprint density at radius 3 is 2.76 bits per heavy atom. The van der Waals surface area contributed by atoms with Gasteiger partial charge in [0.1, 0.15) is 5.60 Å². The predicted octanol–water partition coefficient (Wildman–Crippen LogP) is 1.76. The third-order valence-electron chi connectivity index (χ3n) is 4.43. The summed E-state index contributed by atoms with van der Waals surface area (Å²) >= 11 is 1.99. The van der Waals surface area contributed by atoms with Crippen molar-refractivity contribution in [3.63, 3.8) is 0 Å². The fraction of sp³-hybridized carbons (Fsp3) is 0.933. The Morgan fingerprint density at radius 2 is 2.10 bits per heavy atom. The number of hydrogen-bond donors (Lipinski definition) is 2. The van der Waals surface area contributed by atoms with Gasteiger partial charge in [0.15, 0.2) is 0 Å². The van der Waals surface area contributed by atoms with E-state index in [0.29, 0.717) is 12.0 Å². The average Bonchev–Trinajstić information content (AvgIpc) is 3.01. The summed E-state index contributed by atoms with van der Waals surface area (Å²) in [6.45, 7) is 6.47. The first-order valence-corrected chi connectivity index (χ1v) is 9.04. The van der Waals surface area contributed by atoms with Gasteiger partial charge in [0, 0.05) is 24.3 Å². The summed E-state index contributed by atoms with van der Waals surface area (Å²) in [6, 6.07) is 0.916. The molecule has 0 aromatic rings. The van der Waals surface area contributed by atoms with Gasteiger partial charge < -0.3 is 20.1 Å². The van der Waals surface area contributed by atoms with Crippen LogP contribution >= 0.6 is 11.8 Å². The number of fused-ring (bicyclic) bond motifs is 1. The monoisotopic (exact) mass is 314 g/mol. The maximum Gasteiger partial charge on any atom is 0.407 e. The van der Waals surface area contributed by atoms with Crippen LogP contribution in [0.4, 0.5) is 4.79 Å². The number of hydrogen-bond acceptors (Lipinski definition) is 5. The number of alkyl carbamates (subject to hydrolysis) is 1. The second-order valence-corrected chi connectivity index (χ2v) is 8.36. The molecule has 3 fully saturated rings. The highest BCUT2D eigenvalue weighted by Gasteiger charge is 2.55. The summed E-state index contributed by atoms with van der Waals surface area (Å²) in [4.78, 5) is 12.0. The van der Waals surface area contributed by atoms with Crippen molar-refractivity contribution in [1.82, 2.24) is 10.6 Å². The molecule has 2 heterocycles. The lowest BCUT2D eigenvalue weighted by Gasteiger charge is -2.49. The Morgan fingerprint density at radius 1 is 1.29 bits per heavy atom. The number of ether oxygens (including phenoxy) is 2. The number of carbonyl (C=O) groups excluding carboxylic acids is 1. The Labute approximate surface area is 130 Å². The Balaban J connectivity index is 1.57. The first kappa shape index (κ1) is 15.4. The van der Waals surface area contributed by atoms with Crippen LogP contribution in [0, 0.1) is 5.92 Å². The zero-order valence-corrected chi connectivity index (χ0v) is 13.9. The van der Waals surface area contributed by atoms with Crippen molar-refractivity contribution in [2.45, 2.75) is 63.4 Å². The van der Waals surface area contributed by atoms with E-state index in [4.69, 9.17) is 9.47 Å². The Kier molecular flexibility index (Phi) is 4.39. The van der Waals surface area contributed by atoms with Crippen LogP contribution in [0.15, 0.2) is 0 Å². The largest absolute Gasteiger partial charge is 0.444 e. The van der Waals surface area contributed by atoms with Crippen molar-refractivity contribution < 1.29 is 14.3 Å². The third kappa shape index (κ3) is 3.48. The van der Waals surface area contributed by atoms with Gasteiger partial charge in [-0.15, -0.1) is 0 Å². The summed E-state index contributed by atoms with van der Waals surface area (Å²) in [5, 5.41) is 6.75. The van der Waals surface area contributed by atoms with E-state index in [2.05, 4.69) is 10.6 Å². The summed E-state index contributed by atoms with van der Waals surface area (Å²) < 4.78 is 11.2. The molecule has 5 unspecified atom stereocenters. The molecule has 0 spiro atoms. The molecule has 5 atom stereocenters. The molecule has 21 heavy (non-hydrogen) atoms. The van der Waals surface area contributed by atoms with E-state index >= 15 is 0 Å². The molecule has 0 aromatic carbocycles. The van der Waals surface area contributed by atoms with Crippen molar-refractivity contribution in [2.24, 2.45) is 5.92 Å². The van der Waals surface area contributed by atoms with Crippen LogP contribution in [-0.4, -0.2) is 54.0 Å². The first-order chi connectivity index (χ1) is 9.94. The fourth-order valence-electron chi connectivity index (χ4n) is 3.48. The molecule has 2 N–H and O–H groups in total. The van der Waals surface area contributed by atoms with Crippen LogP contribution in [0.3, 0.4) is 0 Å². The quantitative estimate of drug-likeness (QED) is 0.831. The second-order valence-electron chi connectivity index (χ2n) is 7.21.